The standard InChI is InChI=1S/C16H26N2O3/c1-9(2)14-15(19)17-13(11-4-5-11)16(20)18(14)10(3)12-6-7-21-8-12/h9-14H,4-8H2,1-3H3,(H,17,19). The number of hydrogen-bond donors (Lipinski definition) is 1. The number of rotatable bonds is 4. The molecule has 0 aromatic carbocycles. The predicted octanol–water partition coefficient (Wildman–Crippen LogP) is 1.17. The van der Waals surface area contributed by atoms with Gasteiger partial charge < -0.3 is 15.0 Å². The van der Waals surface area contributed by atoms with Gasteiger partial charge in [-0.25, -0.2) is 0 Å². The van der Waals surface area contributed by atoms with E-state index in [2.05, 4.69) is 12.2 Å². The van der Waals surface area contributed by atoms with Crippen molar-refractivity contribution in [2.24, 2.45) is 17.8 Å². The van der Waals surface area contributed by atoms with Crippen LogP contribution in [0.15, 0.2) is 0 Å². The Labute approximate surface area is 126 Å². The van der Waals surface area contributed by atoms with Crippen LogP contribution in [0.3, 0.4) is 0 Å². The first-order valence-electron chi connectivity index (χ1n) is 8.21. The second kappa shape index (κ2) is 5.59. The molecule has 0 radical (unpaired) electrons. The van der Waals surface area contributed by atoms with Crippen molar-refractivity contribution < 1.29 is 14.3 Å². The topological polar surface area (TPSA) is 58.6 Å². The first-order valence-corrected chi connectivity index (χ1v) is 8.21. The fourth-order valence-corrected chi connectivity index (χ4v) is 3.71. The Kier molecular flexibility index (Phi) is 3.95. The quantitative estimate of drug-likeness (QED) is 0.847. The van der Waals surface area contributed by atoms with Crippen molar-refractivity contribution >= 4 is 11.8 Å². The van der Waals surface area contributed by atoms with Gasteiger partial charge in [-0.3, -0.25) is 9.59 Å². The number of carbonyl (C=O) groups is 2. The number of hydrogen-bond acceptors (Lipinski definition) is 3. The third kappa shape index (κ3) is 2.68. The third-order valence-corrected chi connectivity index (χ3v) is 5.20. The normalized spacial score (nSPS) is 35.2. The van der Waals surface area contributed by atoms with Crippen molar-refractivity contribution in [1.82, 2.24) is 10.2 Å². The number of ether oxygens (including phenoxy) is 1. The maximum atomic E-state index is 12.9. The molecule has 0 bridgehead atoms. The zero-order chi connectivity index (χ0) is 15.1. The van der Waals surface area contributed by atoms with Gasteiger partial charge in [0.05, 0.1) is 6.61 Å². The molecule has 4 atom stereocenters. The summed E-state index contributed by atoms with van der Waals surface area (Å²) in [6.07, 6.45) is 3.08. The molecule has 2 amide bonds. The molecule has 1 saturated carbocycles. The van der Waals surface area contributed by atoms with Crippen LogP contribution in [0.4, 0.5) is 0 Å². The van der Waals surface area contributed by atoms with Gasteiger partial charge in [0.15, 0.2) is 0 Å². The van der Waals surface area contributed by atoms with Crippen molar-refractivity contribution in [2.45, 2.75) is 58.2 Å². The molecule has 3 rings (SSSR count). The molecule has 3 aliphatic rings. The summed E-state index contributed by atoms with van der Waals surface area (Å²) >= 11 is 0. The van der Waals surface area contributed by atoms with Crippen LogP contribution in [-0.2, 0) is 14.3 Å². The lowest BCUT2D eigenvalue weighted by Gasteiger charge is -2.45. The lowest BCUT2D eigenvalue weighted by atomic mass is 9.90. The second-order valence-electron chi connectivity index (χ2n) is 7.12. The van der Waals surface area contributed by atoms with Crippen molar-refractivity contribution in [3.63, 3.8) is 0 Å². The number of piperazine rings is 1. The van der Waals surface area contributed by atoms with Crippen molar-refractivity contribution in [3.05, 3.63) is 0 Å². The van der Waals surface area contributed by atoms with E-state index < -0.39 is 0 Å². The van der Waals surface area contributed by atoms with Gasteiger partial charge in [-0.05, 0) is 38.0 Å². The summed E-state index contributed by atoms with van der Waals surface area (Å²) in [5.74, 6) is 0.964. The molecular formula is C16H26N2O3. The van der Waals surface area contributed by atoms with Crippen LogP contribution < -0.4 is 5.32 Å². The smallest absolute Gasteiger partial charge is 0.246 e. The van der Waals surface area contributed by atoms with Crippen LogP contribution in [-0.4, -0.2) is 48.1 Å². The molecule has 1 N–H and O–H groups in total. The molecule has 4 unspecified atom stereocenters. The molecule has 3 fully saturated rings. The van der Waals surface area contributed by atoms with Gasteiger partial charge in [0.2, 0.25) is 11.8 Å². The molecule has 0 aromatic heterocycles. The number of nitrogens with zero attached hydrogens (tertiary/aromatic N) is 1. The zero-order valence-electron chi connectivity index (χ0n) is 13.2. The summed E-state index contributed by atoms with van der Waals surface area (Å²) in [6, 6.07) is -0.569. The lowest BCUT2D eigenvalue weighted by molar-refractivity contribution is -0.155. The molecule has 2 saturated heterocycles. The fourth-order valence-electron chi connectivity index (χ4n) is 3.71. The van der Waals surface area contributed by atoms with Gasteiger partial charge in [-0.1, -0.05) is 13.8 Å². The lowest BCUT2D eigenvalue weighted by Crippen LogP contribution is -2.68. The summed E-state index contributed by atoms with van der Waals surface area (Å²) in [7, 11) is 0. The second-order valence-corrected chi connectivity index (χ2v) is 7.12. The van der Waals surface area contributed by atoms with E-state index in [4.69, 9.17) is 4.74 Å². The molecular weight excluding hydrogens is 268 g/mol. The minimum absolute atomic E-state index is 0.0206. The largest absolute Gasteiger partial charge is 0.381 e. The monoisotopic (exact) mass is 294 g/mol. The molecule has 2 heterocycles. The molecule has 1 aliphatic carbocycles. The van der Waals surface area contributed by atoms with E-state index >= 15 is 0 Å². The van der Waals surface area contributed by atoms with E-state index in [1.807, 2.05) is 18.7 Å². The highest BCUT2D eigenvalue weighted by Gasteiger charge is 2.50. The summed E-state index contributed by atoms with van der Waals surface area (Å²) in [5, 5.41) is 2.97. The SMILES string of the molecule is CC(C)C1C(=O)NC(C2CC2)C(=O)N1C(C)C1CCOC1. The van der Waals surface area contributed by atoms with E-state index in [1.54, 1.807) is 0 Å². The highest BCUT2D eigenvalue weighted by atomic mass is 16.5. The Morgan fingerprint density at radius 3 is 2.43 bits per heavy atom. The van der Waals surface area contributed by atoms with Gasteiger partial charge in [0.25, 0.3) is 0 Å². The minimum Gasteiger partial charge on any atom is -0.381 e. The Morgan fingerprint density at radius 2 is 1.90 bits per heavy atom. The zero-order valence-corrected chi connectivity index (χ0v) is 13.2. The first-order chi connectivity index (χ1) is 10.0. The third-order valence-electron chi connectivity index (χ3n) is 5.20. The number of nitrogens with one attached hydrogen (secondary N) is 1. The molecule has 2 aliphatic heterocycles. The predicted molar refractivity (Wildman–Crippen MR) is 78.5 cm³/mol. The van der Waals surface area contributed by atoms with Crippen LogP contribution >= 0.6 is 0 Å². The van der Waals surface area contributed by atoms with Crippen LogP contribution in [0.25, 0.3) is 0 Å². The van der Waals surface area contributed by atoms with E-state index in [9.17, 15) is 9.59 Å². The van der Waals surface area contributed by atoms with Gasteiger partial charge in [0.1, 0.15) is 12.1 Å². The molecule has 5 nitrogen and oxygen atoms in total. The molecule has 0 aromatic rings. The summed E-state index contributed by atoms with van der Waals surface area (Å²) in [5.41, 5.74) is 0. The van der Waals surface area contributed by atoms with Crippen molar-refractivity contribution in [1.29, 1.82) is 0 Å². The maximum Gasteiger partial charge on any atom is 0.246 e. The Bertz CT molecular complexity index is 427. The summed E-state index contributed by atoms with van der Waals surface area (Å²) < 4.78 is 5.47. The van der Waals surface area contributed by atoms with E-state index in [0.29, 0.717) is 18.4 Å². The Hall–Kier alpha value is -1.10. The summed E-state index contributed by atoms with van der Waals surface area (Å²) in [6.45, 7) is 7.57. The van der Waals surface area contributed by atoms with Crippen LogP contribution in [0.2, 0.25) is 0 Å². The fraction of sp³-hybridized carbons (Fsp3) is 0.875. The van der Waals surface area contributed by atoms with E-state index in [0.717, 1.165) is 25.9 Å². The molecule has 118 valence electrons. The van der Waals surface area contributed by atoms with Gasteiger partial charge in [0, 0.05) is 18.6 Å². The van der Waals surface area contributed by atoms with Crippen LogP contribution in [0.5, 0.6) is 0 Å². The number of amides is 2. The molecule has 5 heteroatoms. The average Bonchev–Trinajstić information content (AvgIpc) is 3.13. The molecule has 21 heavy (non-hydrogen) atoms. The molecule has 0 spiro atoms. The summed E-state index contributed by atoms with van der Waals surface area (Å²) in [4.78, 5) is 27.3. The average molecular weight is 294 g/mol. The van der Waals surface area contributed by atoms with E-state index in [1.165, 1.54) is 0 Å². The van der Waals surface area contributed by atoms with Gasteiger partial charge in [-0.15, -0.1) is 0 Å². The first kappa shape index (κ1) is 14.8. The van der Waals surface area contributed by atoms with Crippen molar-refractivity contribution in [2.75, 3.05) is 13.2 Å². The van der Waals surface area contributed by atoms with E-state index in [-0.39, 0.29) is 35.9 Å². The minimum atomic E-state index is -0.344. The Morgan fingerprint density at radius 1 is 1.19 bits per heavy atom. The highest BCUT2D eigenvalue weighted by Crippen LogP contribution is 2.37. The van der Waals surface area contributed by atoms with Gasteiger partial charge in [-0.2, -0.15) is 0 Å². The van der Waals surface area contributed by atoms with Crippen LogP contribution in [0, 0.1) is 17.8 Å². The van der Waals surface area contributed by atoms with Gasteiger partial charge >= 0.3 is 0 Å². The van der Waals surface area contributed by atoms with Crippen molar-refractivity contribution in [3.8, 4) is 0 Å². The number of carbonyl (C=O) groups excluding carboxylic acids is 2. The Balaban J connectivity index is 1.85. The van der Waals surface area contributed by atoms with Crippen LogP contribution in [0.1, 0.15) is 40.0 Å². The highest BCUT2D eigenvalue weighted by molar-refractivity contribution is 5.97. The maximum absolute atomic E-state index is 12.9.